The second-order valence-corrected chi connectivity index (χ2v) is 5.00. The second-order valence-electron chi connectivity index (χ2n) is 5.00. The third-order valence-electron chi connectivity index (χ3n) is 3.70. The highest BCUT2D eigenvalue weighted by Gasteiger charge is 2.26. The quantitative estimate of drug-likeness (QED) is 0.797. The number of fused-ring (bicyclic) bond motifs is 3. The van der Waals surface area contributed by atoms with Crippen LogP contribution in [0.25, 0.3) is 17.0 Å². The molecular formula is C16H16O4. The van der Waals surface area contributed by atoms with Gasteiger partial charge in [0.2, 0.25) is 6.29 Å². The van der Waals surface area contributed by atoms with E-state index >= 15 is 0 Å². The Balaban J connectivity index is 2.44. The Labute approximate surface area is 116 Å². The van der Waals surface area contributed by atoms with E-state index in [9.17, 15) is 4.79 Å². The summed E-state index contributed by atoms with van der Waals surface area (Å²) in [6.07, 6.45) is 1.36. The zero-order chi connectivity index (χ0) is 14.4. The minimum absolute atomic E-state index is 0.00678. The molecule has 0 fully saturated rings. The van der Waals surface area contributed by atoms with Gasteiger partial charge in [0, 0.05) is 12.7 Å². The molecule has 0 saturated carbocycles. The topological polar surface area (TPSA) is 48.7 Å². The molecule has 104 valence electrons. The first-order valence-electron chi connectivity index (χ1n) is 6.47. The van der Waals surface area contributed by atoms with Gasteiger partial charge in [0.05, 0.1) is 16.7 Å². The Bertz CT molecular complexity index is 783. The lowest BCUT2D eigenvalue weighted by atomic mass is 9.99. The summed E-state index contributed by atoms with van der Waals surface area (Å²) in [5.41, 5.74) is 2.91. The van der Waals surface area contributed by atoms with Gasteiger partial charge in [-0.1, -0.05) is 6.07 Å². The van der Waals surface area contributed by atoms with Gasteiger partial charge in [-0.05, 0) is 38.5 Å². The lowest BCUT2D eigenvalue weighted by Crippen LogP contribution is -2.15. The Hall–Kier alpha value is -2.07. The van der Waals surface area contributed by atoms with Gasteiger partial charge >= 0.3 is 0 Å². The molecule has 0 bridgehead atoms. The zero-order valence-electron chi connectivity index (χ0n) is 11.9. The van der Waals surface area contributed by atoms with Crippen LogP contribution in [0.2, 0.25) is 0 Å². The van der Waals surface area contributed by atoms with Crippen LogP contribution in [0.1, 0.15) is 35.7 Å². The summed E-state index contributed by atoms with van der Waals surface area (Å²) in [4.78, 5) is 12.3. The van der Waals surface area contributed by atoms with Crippen molar-refractivity contribution in [2.24, 2.45) is 0 Å². The molecule has 1 aliphatic heterocycles. The number of hydrogen-bond acceptors (Lipinski definition) is 4. The fourth-order valence-corrected chi connectivity index (χ4v) is 2.51. The van der Waals surface area contributed by atoms with Crippen molar-refractivity contribution >= 4 is 17.0 Å². The van der Waals surface area contributed by atoms with E-state index in [-0.39, 0.29) is 5.43 Å². The molecule has 0 spiro atoms. The number of rotatable bonds is 1. The third kappa shape index (κ3) is 1.76. The molecule has 4 heteroatoms. The van der Waals surface area contributed by atoms with E-state index in [1.807, 2.05) is 19.1 Å². The van der Waals surface area contributed by atoms with Crippen LogP contribution in [0.3, 0.4) is 0 Å². The Kier molecular flexibility index (Phi) is 2.91. The van der Waals surface area contributed by atoms with Crippen LogP contribution in [0, 0.1) is 13.8 Å². The van der Waals surface area contributed by atoms with Crippen LogP contribution >= 0.6 is 0 Å². The first-order valence-corrected chi connectivity index (χ1v) is 6.47. The summed E-state index contributed by atoms with van der Waals surface area (Å²) in [5.74, 6) is 1.40. The maximum Gasteiger partial charge on any atom is 0.230 e. The molecule has 3 rings (SSSR count). The molecule has 4 nitrogen and oxygen atoms in total. The summed E-state index contributed by atoms with van der Waals surface area (Å²) in [5, 5.41) is 0.561. The first kappa shape index (κ1) is 12.9. The van der Waals surface area contributed by atoms with E-state index in [2.05, 4.69) is 0 Å². The van der Waals surface area contributed by atoms with Crippen molar-refractivity contribution in [2.45, 2.75) is 27.1 Å². The lowest BCUT2D eigenvalue weighted by molar-refractivity contribution is -0.0980. The maximum absolute atomic E-state index is 12.3. The van der Waals surface area contributed by atoms with Gasteiger partial charge in [0.25, 0.3) is 0 Å². The number of hydrogen-bond donors (Lipinski definition) is 0. The minimum atomic E-state index is -0.552. The van der Waals surface area contributed by atoms with Crippen LogP contribution in [-0.4, -0.2) is 7.11 Å². The predicted octanol–water partition coefficient (Wildman–Crippen LogP) is 3.45. The van der Waals surface area contributed by atoms with Crippen molar-refractivity contribution in [2.75, 3.05) is 7.11 Å². The number of benzene rings is 1. The molecule has 0 amide bonds. The second kappa shape index (κ2) is 4.49. The van der Waals surface area contributed by atoms with Crippen LogP contribution in [0.15, 0.2) is 27.1 Å². The summed E-state index contributed by atoms with van der Waals surface area (Å²) in [6, 6.07) is 3.70. The first-order chi connectivity index (χ1) is 9.52. The highest BCUT2D eigenvalue weighted by molar-refractivity contribution is 5.85. The molecule has 0 aliphatic carbocycles. The summed E-state index contributed by atoms with van der Waals surface area (Å²) >= 11 is 0. The minimum Gasteiger partial charge on any atom is -0.465 e. The Morgan fingerprint density at radius 1 is 1.20 bits per heavy atom. The molecular weight excluding hydrogens is 256 g/mol. The average Bonchev–Trinajstić information content (AvgIpc) is 2.43. The van der Waals surface area contributed by atoms with Crippen molar-refractivity contribution in [3.63, 3.8) is 0 Å². The normalized spacial score (nSPS) is 17.6. The van der Waals surface area contributed by atoms with Gasteiger partial charge in [-0.3, -0.25) is 4.79 Å². The van der Waals surface area contributed by atoms with Crippen molar-refractivity contribution in [3.8, 4) is 0 Å². The van der Waals surface area contributed by atoms with E-state index in [0.29, 0.717) is 22.3 Å². The molecule has 1 aromatic carbocycles. The van der Waals surface area contributed by atoms with Crippen LogP contribution in [-0.2, 0) is 9.47 Å². The molecule has 0 N–H and O–H groups in total. The van der Waals surface area contributed by atoms with Gasteiger partial charge in [0.15, 0.2) is 5.43 Å². The molecule has 2 aromatic rings. The SMILES string of the molecule is COC1OC(C)=Cc2ccc3c(=O)c(C)c(C)oc3c21. The molecule has 1 unspecified atom stereocenters. The van der Waals surface area contributed by atoms with E-state index in [0.717, 1.165) is 16.9 Å². The fraction of sp³-hybridized carbons (Fsp3) is 0.312. The molecule has 0 saturated heterocycles. The summed E-state index contributed by atoms with van der Waals surface area (Å²) in [6.45, 7) is 5.44. The molecule has 0 radical (unpaired) electrons. The monoisotopic (exact) mass is 272 g/mol. The molecule has 20 heavy (non-hydrogen) atoms. The van der Waals surface area contributed by atoms with E-state index < -0.39 is 6.29 Å². The lowest BCUT2D eigenvalue weighted by Gasteiger charge is -2.25. The summed E-state index contributed by atoms with van der Waals surface area (Å²) in [7, 11) is 1.57. The molecule has 1 aliphatic rings. The van der Waals surface area contributed by atoms with Crippen molar-refractivity contribution in [3.05, 3.63) is 50.6 Å². The zero-order valence-corrected chi connectivity index (χ0v) is 11.9. The van der Waals surface area contributed by atoms with E-state index in [4.69, 9.17) is 13.9 Å². The number of methoxy groups -OCH3 is 1. The maximum atomic E-state index is 12.3. The van der Waals surface area contributed by atoms with E-state index in [1.165, 1.54) is 0 Å². The van der Waals surface area contributed by atoms with Crippen molar-refractivity contribution in [1.29, 1.82) is 0 Å². The molecule has 1 aromatic heterocycles. The summed E-state index contributed by atoms with van der Waals surface area (Å²) < 4.78 is 16.9. The van der Waals surface area contributed by atoms with Gasteiger partial charge in [-0.2, -0.15) is 0 Å². The Morgan fingerprint density at radius 2 is 1.95 bits per heavy atom. The van der Waals surface area contributed by atoms with Crippen LogP contribution < -0.4 is 5.43 Å². The van der Waals surface area contributed by atoms with Gasteiger partial charge in [0.1, 0.15) is 11.3 Å². The highest BCUT2D eigenvalue weighted by Crippen LogP contribution is 2.36. The number of aryl methyl sites for hydroxylation is 1. The standard InChI is InChI=1S/C16H16O4/c1-8-7-11-5-6-12-14(17)9(2)10(3)20-15(12)13(11)16(18-4)19-8/h5-7,16H,1-4H3. The fourth-order valence-electron chi connectivity index (χ4n) is 2.51. The van der Waals surface area contributed by atoms with Crippen LogP contribution in [0.4, 0.5) is 0 Å². The predicted molar refractivity (Wildman–Crippen MR) is 76.4 cm³/mol. The largest absolute Gasteiger partial charge is 0.465 e. The number of allylic oxidation sites excluding steroid dienone is 1. The highest BCUT2D eigenvalue weighted by atomic mass is 16.7. The number of ether oxygens (including phenoxy) is 2. The Morgan fingerprint density at radius 3 is 2.65 bits per heavy atom. The smallest absolute Gasteiger partial charge is 0.230 e. The van der Waals surface area contributed by atoms with Gasteiger partial charge in [-0.15, -0.1) is 0 Å². The molecule has 1 atom stereocenters. The van der Waals surface area contributed by atoms with Gasteiger partial charge in [-0.25, -0.2) is 0 Å². The van der Waals surface area contributed by atoms with Crippen molar-refractivity contribution in [1.82, 2.24) is 0 Å². The van der Waals surface area contributed by atoms with Crippen LogP contribution in [0.5, 0.6) is 0 Å². The third-order valence-corrected chi connectivity index (χ3v) is 3.70. The van der Waals surface area contributed by atoms with Gasteiger partial charge < -0.3 is 13.9 Å². The average molecular weight is 272 g/mol. The van der Waals surface area contributed by atoms with E-state index in [1.54, 1.807) is 27.0 Å². The molecule has 2 heterocycles. The van der Waals surface area contributed by atoms with Crippen molar-refractivity contribution < 1.29 is 13.9 Å².